The number of aliphatic hydroxyl groups excluding tert-OH is 1. The van der Waals surface area contributed by atoms with Crippen LogP contribution in [0.3, 0.4) is 0 Å². The maximum absolute atomic E-state index is 8.92. The Morgan fingerprint density at radius 2 is 2.00 bits per heavy atom. The van der Waals surface area contributed by atoms with E-state index < -0.39 is 0 Å². The third-order valence-electron chi connectivity index (χ3n) is 0.0745. The minimum atomic E-state index is -0.361. The smallest absolute Gasteiger partial charge is 0.145 e. The van der Waals surface area contributed by atoms with Gasteiger partial charge in [0.15, 0.2) is 0 Å². The van der Waals surface area contributed by atoms with Crippen LogP contribution in [0.4, 0.5) is 0 Å². The molecule has 0 bridgehead atoms. The first-order valence-corrected chi connectivity index (χ1v) is 0.960. The molecule has 0 aromatic heterocycles. The van der Waals surface area contributed by atoms with Crippen LogP contribution >= 0.6 is 0 Å². The molecule has 5 heavy (non-hydrogen) atoms. The molecular weight excluding hydrogens is 323 g/mol. The monoisotopic (exact) mass is 327 g/mol. The fourth-order valence-corrected chi connectivity index (χ4v) is 0. The molecule has 0 saturated heterocycles. The Hall–Kier alpha value is -1.37. The molecule has 2 nitrogen and oxygen atoms in total. The Labute approximate surface area is 24.1 Å². The van der Waals surface area contributed by atoms with Crippen molar-refractivity contribution in [2.24, 2.45) is 0 Å². The molecule has 0 spiro atoms. The molecule has 0 saturated carbocycles. The van der Waals surface area contributed by atoms with Crippen LogP contribution in [0.1, 0.15) is 0 Å². The third-order valence-corrected chi connectivity index (χ3v) is 0.0745. The summed E-state index contributed by atoms with van der Waals surface area (Å²) in [5.41, 5.74) is 0. The predicted octanol–water partition coefficient (Wildman–Crippen LogP) is -0.822. The van der Waals surface area contributed by atoms with Crippen molar-refractivity contribution >= 4 is 6.29 Å². The van der Waals surface area contributed by atoms with Crippen molar-refractivity contribution in [1.82, 2.24) is 0 Å². The Morgan fingerprint density at radius 1 is 1.80 bits per heavy atom. The topological polar surface area (TPSA) is 37.3 Å². The number of hydrogen-bond acceptors (Lipinski definition) is 2. The first kappa shape index (κ1) is 9.45. The molecule has 0 fully saturated rings. The van der Waals surface area contributed by atoms with Crippen molar-refractivity contribution in [3.63, 3.8) is 0 Å². The van der Waals surface area contributed by atoms with Crippen molar-refractivity contribution in [3.8, 4) is 0 Å². The summed E-state index contributed by atoms with van der Waals surface area (Å²) < 4.78 is 0. The van der Waals surface area contributed by atoms with Crippen LogP contribution in [0, 0.1) is 0 Å². The van der Waals surface area contributed by atoms with E-state index in [4.69, 9.17) is 9.90 Å². The molecule has 0 unspecified atom stereocenters. The number of carbonyl (C=O) groups is 1. The van der Waals surface area contributed by atoms with Gasteiger partial charge in [0.25, 0.3) is 0 Å². The van der Waals surface area contributed by atoms with Crippen LogP contribution in [0.5, 0.6) is 0 Å². The van der Waals surface area contributed by atoms with E-state index in [1.54, 1.807) is 0 Å². The average molecular weight is 327 g/mol. The summed E-state index contributed by atoms with van der Waals surface area (Å²) in [6, 6.07) is 0. The Morgan fingerprint density at radius 3 is 2.00 bits per heavy atom. The fraction of sp³-hybridized carbons (Fsp3) is 0.500. The van der Waals surface area contributed by atoms with Gasteiger partial charge in [-0.05, 0) is 0 Å². The maximum Gasteiger partial charge on any atom is 0.145 e. The standard InChI is InChI=1S/C2H4O2.Rf/c3-1-2-4;/h1,4H,2H2;. The number of hydrogen-bond donors (Lipinski definition) is 1. The van der Waals surface area contributed by atoms with Gasteiger partial charge >= 0.3 is 0 Å². The van der Waals surface area contributed by atoms with E-state index in [1.165, 1.54) is 0 Å². The molecule has 26 valence electrons. The van der Waals surface area contributed by atoms with E-state index >= 15 is 0 Å². The predicted molar refractivity (Wildman–Crippen MR) is 13.1 cm³/mol. The number of aldehydes is 1. The zero-order chi connectivity index (χ0) is 3.41. The molecule has 1 N–H and O–H groups in total. The van der Waals surface area contributed by atoms with Crippen molar-refractivity contribution in [1.29, 1.82) is 0 Å². The van der Waals surface area contributed by atoms with Gasteiger partial charge in [0.2, 0.25) is 0 Å². The minimum Gasteiger partial charge on any atom is -0.389 e. The molecule has 0 heterocycles. The maximum atomic E-state index is 8.92. The van der Waals surface area contributed by atoms with Crippen molar-refractivity contribution in [2.75, 3.05) is 6.61 Å². The summed E-state index contributed by atoms with van der Waals surface area (Å²) in [5.74, 6) is 0. The number of aliphatic hydroxyl groups is 1. The molecule has 0 aliphatic rings. The van der Waals surface area contributed by atoms with Crippen LogP contribution < -0.4 is 0 Å². The van der Waals surface area contributed by atoms with E-state index in [2.05, 4.69) is 0 Å². The summed E-state index contributed by atoms with van der Waals surface area (Å²) in [7, 11) is 0. The van der Waals surface area contributed by atoms with Gasteiger partial charge in [-0.1, -0.05) is 0 Å². The summed E-state index contributed by atoms with van der Waals surface area (Å²) in [6.45, 7) is -0.361. The quantitative estimate of drug-likeness (QED) is 0.639. The Bertz CT molecular complexity index is 21.6. The third kappa shape index (κ3) is 7.62. The van der Waals surface area contributed by atoms with Gasteiger partial charge in [-0.25, -0.2) is 0 Å². The summed E-state index contributed by atoms with van der Waals surface area (Å²) >= 11 is 0. The molecule has 0 aromatic carbocycles. The zero-order valence-electron chi connectivity index (χ0n) is 2.85. The first-order valence-electron chi connectivity index (χ1n) is 0.960. The van der Waals surface area contributed by atoms with E-state index in [9.17, 15) is 0 Å². The van der Waals surface area contributed by atoms with E-state index in [0.29, 0.717) is 6.29 Å². The second-order valence-corrected chi connectivity index (χ2v) is 0.349. The number of rotatable bonds is 1. The van der Waals surface area contributed by atoms with Crippen LogP contribution in [-0.2, 0) is 4.79 Å². The van der Waals surface area contributed by atoms with Crippen molar-refractivity contribution in [3.05, 3.63) is 0 Å². The van der Waals surface area contributed by atoms with Crippen LogP contribution in [-0.4, -0.2) is 18.0 Å². The number of carbonyl (C=O) groups excluding carboxylic acids is 1. The minimum absolute atomic E-state index is 0. The largest absolute Gasteiger partial charge is 0.389 e. The molecule has 0 atom stereocenters. The van der Waals surface area contributed by atoms with Crippen molar-refractivity contribution in [2.45, 2.75) is 0 Å². The fourth-order valence-electron chi connectivity index (χ4n) is 0. The summed E-state index contributed by atoms with van der Waals surface area (Å²) in [5, 5.41) is 7.51. The Balaban J connectivity index is 0. The van der Waals surface area contributed by atoms with Gasteiger partial charge in [-0.2, -0.15) is 0 Å². The van der Waals surface area contributed by atoms with Crippen molar-refractivity contribution < 1.29 is 9.90 Å². The van der Waals surface area contributed by atoms with Gasteiger partial charge in [0.1, 0.15) is 6.29 Å². The Kier molecular flexibility index (Phi) is 33.3. The van der Waals surface area contributed by atoms with Gasteiger partial charge < -0.3 is 9.90 Å². The summed E-state index contributed by atoms with van der Waals surface area (Å²) in [6.07, 6.45) is 0.431. The van der Waals surface area contributed by atoms with Gasteiger partial charge in [0.05, 0.1) is 6.61 Å². The second-order valence-electron chi connectivity index (χ2n) is 0.349. The molecular formula is C2H4O2Rf. The molecule has 0 aromatic rings. The van der Waals surface area contributed by atoms with E-state index in [1.807, 2.05) is 0 Å². The molecule has 0 rings (SSSR count). The molecule has 0 aliphatic carbocycles. The normalized spacial score (nSPS) is 5.00. The zero-order valence-corrected chi connectivity index (χ0v) is 9.25. The van der Waals surface area contributed by atoms with Gasteiger partial charge in [0, 0.05) is 0 Å². The first-order chi connectivity index (χ1) is 1.91. The second kappa shape index (κ2) is 17.6. The van der Waals surface area contributed by atoms with Gasteiger partial charge in [-0.15, -0.1) is 0 Å². The molecule has 3 heteroatoms. The van der Waals surface area contributed by atoms with Crippen LogP contribution in [0.25, 0.3) is 0 Å². The molecule has 0 amide bonds. The SMILES string of the molecule is O=CCO.[Rf]. The van der Waals surface area contributed by atoms with E-state index in [0.717, 1.165) is 0 Å². The van der Waals surface area contributed by atoms with Crippen LogP contribution in [0.2, 0.25) is 0 Å². The van der Waals surface area contributed by atoms with Gasteiger partial charge in [-0.3, -0.25) is 0 Å². The summed E-state index contributed by atoms with van der Waals surface area (Å²) in [4.78, 5) is 8.92. The van der Waals surface area contributed by atoms with Crippen LogP contribution in [0.15, 0.2) is 0 Å². The average Bonchev–Trinajstić information content (AvgIpc) is 1.37. The molecule has 0 radical (unpaired) electrons. The molecule has 0 aliphatic heterocycles. The van der Waals surface area contributed by atoms with E-state index in [-0.39, 0.29) is 6.61 Å².